The van der Waals surface area contributed by atoms with Crippen molar-refractivity contribution in [2.24, 2.45) is 4.99 Å². The predicted octanol–water partition coefficient (Wildman–Crippen LogP) is 7.82. The summed E-state index contributed by atoms with van der Waals surface area (Å²) in [6.45, 7) is 7.76. The number of hydrogen-bond acceptors (Lipinski definition) is 2. The lowest BCUT2D eigenvalue weighted by Crippen LogP contribution is -2.53. The van der Waals surface area contributed by atoms with Gasteiger partial charge in [0, 0.05) is 6.42 Å². The Balaban J connectivity index is 1.84. The molecule has 0 radical (unpaired) electrons. The highest BCUT2D eigenvalue weighted by Crippen LogP contribution is 2.24. The standard InChI is InChI=1S/C28H55N2O/c1-3-5-6-7-8-9-10-11-12-13-14-15-16-17-18-19-20-21-22-23-28-29-24-25-30(28,4-2)26-27-31/h12-13,24,28,31H,3-11,14-23,25-27H2,1-2H3/q+1/b13-12+. The zero-order chi connectivity index (χ0) is 22.5. The minimum absolute atomic E-state index is 0.280. The van der Waals surface area contributed by atoms with Crippen molar-refractivity contribution in [3.05, 3.63) is 12.2 Å². The Kier molecular flexibility index (Phi) is 18.3. The topological polar surface area (TPSA) is 32.6 Å². The van der Waals surface area contributed by atoms with Gasteiger partial charge < -0.3 is 5.11 Å². The molecule has 1 aliphatic heterocycles. The smallest absolute Gasteiger partial charge is 0.182 e. The number of nitrogens with zero attached hydrogens (tertiary/aromatic N) is 2. The molecule has 0 aromatic carbocycles. The number of allylic oxidation sites excluding steroid dienone is 2. The molecule has 2 unspecified atom stereocenters. The number of aliphatic hydroxyl groups excluding tert-OH is 1. The molecule has 0 bridgehead atoms. The molecule has 1 aliphatic rings. The molecule has 0 spiro atoms. The molecule has 0 fully saturated rings. The third-order valence-electron chi connectivity index (χ3n) is 7.25. The summed E-state index contributed by atoms with van der Waals surface area (Å²) in [7, 11) is 0. The van der Waals surface area contributed by atoms with E-state index in [0.29, 0.717) is 6.17 Å². The molecule has 0 aromatic heterocycles. The van der Waals surface area contributed by atoms with Crippen molar-refractivity contribution in [2.75, 3.05) is 26.2 Å². The summed E-state index contributed by atoms with van der Waals surface area (Å²) in [6, 6.07) is 0. The van der Waals surface area contributed by atoms with E-state index < -0.39 is 0 Å². The van der Waals surface area contributed by atoms with Gasteiger partial charge in [-0.25, -0.2) is 4.99 Å². The Morgan fingerprint density at radius 3 is 1.81 bits per heavy atom. The summed E-state index contributed by atoms with van der Waals surface area (Å²) < 4.78 is 0.976. The monoisotopic (exact) mass is 435 g/mol. The van der Waals surface area contributed by atoms with Gasteiger partial charge in [0.2, 0.25) is 0 Å². The lowest BCUT2D eigenvalue weighted by molar-refractivity contribution is -0.936. The van der Waals surface area contributed by atoms with E-state index in [9.17, 15) is 5.11 Å². The molecule has 31 heavy (non-hydrogen) atoms. The molecule has 3 heteroatoms. The predicted molar refractivity (Wildman–Crippen MR) is 138 cm³/mol. The molecule has 2 atom stereocenters. The van der Waals surface area contributed by atoms with Crippen LogP contribution in [0.5, 0.6) is 0 Å². The summed E-state index contributed by atoms with van der Waals surface area (Å²) in [5, 5.41) is 9.40. The first-order chi connectivity index (χ1) is 15.3. The summed E-state index contributed by atoms with van der Waals surface area (Å²) in [5.41, 5.74) is 0. The summed E-state index contributed by atoms with van der Waals surface area (Å²) >= 11 is 0. The highest BCUT2D eigenvalue weighted by atomic mass is 16.3. The van der Waals surface area contributed by atoms with E-state index in [1.807, 2.05) is 0 Å². The second kappa shape index (κ2) is 20.0. The Morgan fingerprint density at radius 2 is 1.29 bits per heavy atom. The Labute approximate surface area is 195 Å². The summed E-state index contributed by atoms with van der Waals surface area (Å²) in [6.07, 6.45) is 32.0. The molecule has 0 amide bonds. The lowest BCUT2D eigenvalue weighted by atomic mass is 10.0. The van der Waals surface area contributed by atoms with Crippen LogP contribution in [0.15, 0.2) is 17.1 Å². The lowest BCUT2D eigenvalue weighted by Gasteiger charge is -2.37. The molecule has 1 heterocycles. The average Bonchev–Trinajstić information content (AvgIpc) is 3.18. The first-order valence-electron chi connectivity index (χ1n) is 13.9. The fourth-order valence-electron chi connectivity index (χ4n) is 4.99. The van der Waals surface area contributed by atoms with E-state index in [1.165, 1.54) is 116 Å². The Morgan fingerprint density at radius 1 is 0.774 bits per heavy atom. The van der Waals surface area contributed by atoms with Crippen molar-refractivity contribution in [1.29, 1.82) is 0 Å². The molecule has 3 nitrogen and oxygen atoms in total. The molecular weight excluding hydrogens is 380 g/mol. The minimum atomic E-state index is 0.280. The SMILES string of the molecule is CCCCCCCCC/C=C/CCCCCCCCCCC1N=CC[N+]1(CC)CCO. The van der Waals surface area contributed by atoms with Gasteiger partial charge in [0.1, 0.15) is 13.1 Å². The Bertz CT molecular complexity index is 448. The van der Waals surface area contributed by atoms with Crippen LogP contribution >= 0.6 is 0 Å². The summed E-state index contributed by atoms with van der Waals surface area (Å²) in [4.78, 5) is 4.73. The second-order valence-electron chi connectivity index (χ2n) is 9.76. The third kappa shape index (κ3) is 13.5. The van der Waals surface area contributed by atoms with Crippen molar-refractivity contribution in [3.63, 3.8) is 0 Å². The van der Waals surface area contributed by atoms with Gasteiger partial charge in [-0.1, -0.05) is 96.1 Å². The maximum Gasteiger partial charge on any atom is 0.182 e. The largest absolute Gasteiger partial charge is 0.391 e. The van der Waals surface area contributed by atoms with Crippen LogP contribution in [0.25, 0.3) is 0 Å². The van der Waals surface area contributed by atoms with Crippen molar-refractivity contribution >= 4 is 6.21 Å². The number of likely N-dealkylation sites (N-methyl/N-ethyl adjacent to an activating group) is 1. The van der Waals surface area contributed by atoms with Gasteiger partial charge in [0.25, 0.3) is 0 Å². The molecule has 1 rings (SSSR count). The maximum atomic E-state index is 9.40. The average molecular weight is 436 g/mol. The Hall–Kier alpha value is -0.670. The minimum Gasteiger partial charge on any atom is -0.391 e. The molecule has 0 saturated carbocycles. The summed E-state index contributed by atoms with van der Waals surface area (Å²) in [5.74, 6) is 0. The zero-order valence-corrected chi connectivity index (χ0v) is 21.2. The van der Waals surface area contributed by atoms with Crippen LogP contribution in [0.3, 0.4) is 0 Å². The highest BCUT2D eigenvalue weighted by molar-refractivity contribution is 5.60. The third-order valence-corrected chi connectivity index (χ3v) is 7.25. The number of quaternary nitrogens is 1. The van der Waals surface area contributed by atoms with E-state index in [4.69, 9.17) is 4.99 Å². The molecule has 1 N–H and O–H groups in total. The zero-order valence-electron chi connectivity index (χ0n) is 21.2. The van der Waals surface area contributed by atoms with Crippen LogP contribution in [0.2, 0.25) is 0 Å². The van der Waals surface area contributed by atoms with E-state index in [2.05, 4.69) is 32.2 Å². The van der Waals surface area contributed by atoms with Gasteiger partial charge >= 0.3 is 0 Å². The first-order valence-corrected chi connectivity index (χ1v) is 13.9. The van der Waals surface area contributed by atoms with Gasteiger partial charge in [-0.3, -0.25) is 4.48 Å². The molecule has 0 aromatic rings. The quantitative estimate of drug-likeness (QED) is 0.105. The van der Waals surface area contributed by atoms with E-state index in [0.717, 1.165) is 24.1 Å². The van der Waals surface area contributed by atoms with E-state index >= 15 is 0 Å². The van der Waals surface area contributed by atoms with Gasteiger partial charge in [-0.15, -0.1) is 0 Å². The van der Waals surface area contributed by atoms with Crippen LogP contribution in [0.1, 0.15) is 129 Å². The molecule has 182 valence electrons. The fraction of sp³-hybridized carbons (Fsp3) is 0.893. The fourth-order valence-corrected chi connectivity index (χ4v) is 4.99. The highest BCUT2D eigenvalue weighted by Gasteiger charge is 2.36. The number of unbranched alkanes of at least 4 members (excludes halogenated alkanes) is 15. The second-order valence-corrected chi connectivity index (χ2v) is 9.76. The van der Waals surface area contributed by atoms with Gasteiger partial charge in [0.15, 0.2) is 6.17 Å². The van der Waals surface area contributed by atoms with E-state index in [-0.39, 0.29) is 6.61 Å². The molecule has 0 saturated heterocycles. The number of aliphatic hydroxyl groups is 1. The van der Waals surface area contributed by atoms with Crippen molar-refractivity contribution in [2.45, 2.75) is 136 Å². The van der Waals surface area contributed by atoms with Gasteiger partial charge in [-0.05, 0) is 39.0 Å². The number of rotatable bonds is 22. The molecule has 0 aliphatic carbocycles. The maximum absolute atomic E-state index is 9.40. The first kappa shape index (κ1) is 28.4. The van der Waals surface area contributed by atoms with Crippen LogP contribution < -0.4 is 0 Å². The van der Waals surface area contributed by atoms with Crippen LogP contribution in [-0.4, -0.2) is 48.2 Å². The van der Waals surface area contributed by atoms with Crippen LogP contribution in [0, 0.1) is 0 Å². The van der Waals surface area contributed by atoms with Crippen molar-refractivity contribution < 1.29 is 9.59 Å². The van der Waals surface area contributed by atoms with Crippen LogP contribution in [-0.2, 0) is 0 Å². The van der Waals surface area contributed by atoms with E-state index in [1.54, 1.807) is 0 Å². The molecular formula is C28H55N2O+. The van der Waals surface area contributed by atoms with Crippen molar-refractivity contribution in [1.82, 2.24) is 0 Å². The van der Waals surface area contributed by atoms with Gasteiger partial charge in [0.05, 0.1) is 19.4 Å². The van der Waals surface area contributed by atoms with Gasteiger partial charge in [-0.2, -0.15) is 0 Å². The van der Waals surface area contributed by atoms with Crippen LogP contribution in [0.4, 0.5) is 0 Å². The normalized spacial score (nSPS) is 20.9. The number of hydrogen-bond donors (Lipinski definition) is 1. The number of aliphatic imine (C=N–C) groups is 1. The van der Waals surface area contributed by atoms with Crippen molar-refractivity contribution in [3.8, 4) is 0 Å².